The lowest BCUT2D eigenvalue weighted by molar-refractivity contribution is -0.383. The van der Waals surface area contributed by atoms with Crippen LogP contribution in [0.25, 0.3) is 22.2 Å². The minimum atomic E-state index is -0.347. The second kappa shape index (κ2) is 4.24. The maximum Gasteiger partial charge on any atom is 0.293 e. The summed E-state index contributed by atoms with van der Waals surface area (Å²) >= 11 is 0. The normalized spacial score (nSPS) is 10.8. The van der Waals surface area contributed by atoms with Gasteiger partial charge in [0.15, 0.2) is 0 Å². The molecule has 94 valence electrons. The molecule has 1 N–H and O–H groups in total. The zero-order chi connectivity index (χ0) is 13.4. The number of nitrogens with zero attached hydrogens (tertiary/aromatic N) is 1. The highest BCUT2D eigenvalue weighted by Crippen LogP contribution is 2.31. The van der Waals surface area contributed by atoms with Crippen molar-refractivity contribution in [1.29, 1.82) is 0 Å². The van der Waals surface area contributed by atoms with Crippen molar-refractivity contribution in [2.24, 2.45) is 0 Å². The quantitative estimate of drug-likeness (QED) is 0.552. The molecular formula is C15H12N2O2. The van der Waals surface area contributed by atoms with E-state index in [9.17, 15) is 10.1 Å². The van der Waals surface area contributed by atoms with Crippen LogP contribution in [0, 0.1) is 17.0 Å². The number of nitro benzene ring substituents is 1. The van der Waals surface area contributed by atoms with Gasteiger partial charge in [-0.05, 0) is 30.2 Å². The fraction of sp³-hybridized carbons (Fsp3) is 0.0667. The molecule has 3 aromatic rings. The van der Waals surface area contributed by atoms with E-state index in [0.29, 0.717) is 5.52 Å². The van der Waals surface area contributed by atoms with Crippen molar-refractivity contribution in [1.82, 2.24) is 4.98 Å². The Labute approximate surface area is 109 Å². The predicted octanol–water partition coefficient (Wildman–Crippen LogP) is 4.05. The van der Waals surface area contributed by atoms with Gasteiger partial charge in [0.1, 0.15) is 5.52 Å². The lowest BCUT2D eigenvalue weighted by Gasteiger charge is -1.97. The van der Waals surface area contributed by atoms with Crippen molar-refractivity contribution >= 4 is 16.6 Å². The molecule has 4 nitrogen and oxygen atoms in total. The van der Waals surface area contributed by atoms with E-state index in [1.807, 2.05) is 49.4 Å². The molecule has 19 heavy (non-hydrogen) atoms. The maximum absolute atomic E-state index is 11.1. The smallest absolute Gasteiger partial charge is 0.293 e. The van der Waals surface area contributed by atoms with Crippen LogP contribution in [0.15, 0.2) is 48.5 Å². The summed E-state index contributed by atoms with van der Waals surface area (Å²) in [6.45, 7) is 1.86. The monoisotopic (exact) mass is 252 g/mol. The lowest BCUT2D eigenvalue weighted by atomic mass is 10.1. The molecule has 0 spiro atoms. The summed E-state index contributed by atoms with van der Waals surface area (Å²) < 4.78 is 0. The minimum absolute atomic E-state index is 0.122. The zero-order valence-electron chi connectivity index (χ0n) is 10.4. The summed E-state index contributed by atoms with van der Waals surface area (Å²) in [4.78, 5) is 13.9. The van der Waals surface area contributed by atoms with E-state index < -0.39 is 0 Å². The average Bonchev–Trinajstić information content (AvgIpc) is 2.82. The maximum atomic E-state index is 11.1. The van der Waals surface area contributed by atoms with Crippen molar-refractivity contribution in [3.05, 3.63) is 64.2 Å². The predicted molar refractivity (Wildman–Crippen MR) is 75.1 cm³/mol. The lowest BCUT2D eigenvalue weighted by Crippen LogP contribution is -1.90. The summed E-state index contributed by atoms with van der Waals surface area (Å²) in [6.07, 6.45) is 0. The molecule has 0 saturated heterocycles. The van der Waals surface area contributed by atoms with E-state index in [1.54, 1.807) is 6.07 Å². The van der Waals surface area contributed by atoms with Crippen LogP contribution in [0.2, 0.25) is 0 Å². The van der Waals surface area contributed by atoms with Crippen LogP contribution in [0.4, 0.5) is 5.69 Å². The van der Waals surface area contributed by atoms with E-state index >= 15 is 0 Å². The minimum Gasteiger partial charge on any atom is -0.349 e. The molecule has 0 bridgehead atoms. The molecule has 4 heteroatoms. The number of non-ortho nitro benzene ring substituents is 1. The first-order chi connectivity index (χ1) is 9.15. The first kappa shape index (κ1) is 11.5. The van der Waals surface area contributed by atoms with Gasteiger partial charge in [-0.15, -0.1) is 0 Å². The highest BCUT2D eigenvalue weighted by atomic mass is 16.6. The van der Waals surface area contributed by atoms with E-state index in [4.69, 9.17) is 0 Å². The van der Waals surface area contributed by atoms with Crippen molar-refractivity contribution in [2.45, 2.75) is 6.92 Å². The van der Waals surface area contributed by atoms with Gasteiger partial charge in [-0.25, -0.2) is 0 Å². The second-order valence-electron chi connectivity index (χ2n) is 4.55. The van der Waals surface area contributed by atoms with Crippen LogP contribution in [0.3, 0.4) is 0 Å². The number of nitro groups is 1. The SMILES string of the molecule is Cc1cc([N+](=O)[O-])c2[nH]c(-c3ccccc3)cc2c1. The summed E-state index contributed by atoms with van der Waals surface area (Å²) in [5.41, 5.74) is 3.50. The second-order valence-corrected chi connectivity index (χ2v) is 4.55. The molecule has 0 atom stereocenters. The summed E-state index contributed by atoms with van der Waals surface area (Å²) in [5.74, 6) is 0. The van der Waals surface area contributed by atoms with Gasteiger partial charge in [0.05, 0.1) is 4.92 Å². The van der Waals surface area contributed by atoms with Gasteiger partial charge in [-0.3, -0.25) is 10.1 Å². The molecule has 0 aliphatic carbocycles. The number of aromatic nitrogens is 1. The van der Waals surface area contributed by atoms with Gasteiger partial charge in [0, 0.05) is 17.1 Å². The molecule has 0 saturated carbocycles. The molecule has 0 aliphatic heterocycles. The topological polar surface area (TPSA) is 58.9 Å². The number of rotatable bonds is 2. The van der Waals surface area contributed by atoms with Crippen LogP contribution >= 0.6 is 0 Å². The number of aromatic amines is 1. The molecule has 1 aromatic heterocycles. The molecule has 3 rings (SSSR count). The molecule has 1 heterocycles. The van der Waals surface area contributed by atoms with Crippen LogP contribution in [0.5, 0.6) is 0 Å². The van der Waals surface area contributed by atoms with Crippen LogP contribution in [0.1, 0.15) is 5.56 Å². The van der Waals surface area contributed by atoms with Crippen molar-refractivity contribution in [2.75, 3.05) is 0 Å². The van der Waals surface area contributed by atoms with E-state index in [0.717, 1.165) is 22.2 Å². The third-order valence-electron chi connectivity index (χ3n) is 3.13. The number of H-pyrrole nitrogens is 1. The first-order valence-corrected chi connectivity index (χ1v) is 5.98. The first-order valence-electron chi connectivity index (χ1n) is 5.98. The van der Waals surface area contributed by atoms with Crippen molar-refractivity contribution in [3.63, 3.8) is 0 Å². The Bertz CT molecular complexity index is 760. The Morgan fingerprint density at radius 2 is 1.84 bits per heavy atom. The standard InChI is InChI=1S/C15H12N2O2/c1-10-7-12-9-13(11-5-3-2-4-6-11)16-15(12)14(8-10)17(18)19/h2-9,16H,1H3. The summed E-state index contributed by atoms with van der Waals surface area (Å²) in [6, 6.07) is 15.3. The third-order valence-corrected chi connectivity index (χ3v) is 3.13. The molecule has 0 fully saturated rings. The van der Waals surface area contributed by atoms with Crippen molar-refractivity contribution < 1.29 is 4.92 Å². The Hall–Kier alpha value is -2.62. The number of nitrogens with one attached hydrogen (secondary N) is 1. The van der Waals surface area contributed by atoms with Gasteiger partial charge in [-0.2, -0.15) is 0 Å². The van der Waals surface area contributed by atoms with Gasteiger partial charge < -0.3 is 4.98 Å². The van der Waals surface area contributed by atoms with E-state index in [-0.39, 0.29) is 10.6 Å². The highest BCUT2D eigenvalue weighted by molar-refractivity contribution is 5.92. The molecule has 0 aliphatic rings. The van der Waals surface area contributed by atoms with E-state index in [1.165, 1.54) is 0 Å². The largest absolute Gasteiger partial charge is 0.349 e. The summed E-state index contributed by atoms with van der Waals surface area (Å²) in [5, 5.41) is 12.0. The fourth-order valence-corrected chi connectivity index (χ4v) is 2.29. The van der Waals surface area contributed by atoms with Gasteiger partial charge in [0.25, 0.3) is 5.69 Å². The van der Waals surface area contributed by atoms with Gasteiger partial charge in [0.2, 0.25) is 0 Å². The molecule has 0 radical (unpaired) electrons. The summed E-state index contributed by atoms with van der Waals surface area (Å²) in [7, 11) is 0. The number of hydrogen-bond acceptors (Lipinski definition) is 2. The molecule has 2 aromatic carbocycles. The van der Waals surface area contributed by atoms with Gasteiger partial charge >= 0.3 is 0 Å². The van der Waals surface area contributed by atoms with Crippen molar-refractivity contribution in [3.8, 4) is 11.3 Å². The fourth-order valence-electron chi connectivity index (χ4n) is 2.29. The Morgan fingerprint density at radius 3 is 2.53 bits per heavy atom. The van der Waals surface area contributed by atoms with Gasteiger partial charge in [-0.1, -0.05) is 30.3 Å². The van der Waals surface area contributed by atoms with E-state index in [2.05, 4.69) is 4.98 Å². The molecule has 0 amide bonds. The Balaban J connectivity index is 2.26. The van der Waals surface area contributed by atoms with Crippen LogP contribution in [-0.4, -0.2) is 9.91 Å². The Kier molecular flexibility index (Phi) is 2.56. The third kappa shape index (κ3) is 1.97. The molecule has 0 unspecified atom stereocenters. The molecular weight excluding hydrogens is 240 g/mol. The number of hydrogen-bond donors (Lipinski definition) is 1. The zero-order valence-corrected chi connectivity index (χ0v) is 10.4. The van der Waals surface area contributed by atoms with Crippen LogP contribution < -0.4 is 0 Å². The number of fused-ring (bicyclic) bond motifs is 1. The Morgan fingerprint density at radius 1 is 1.11 bits per heavy atom. The average molecular weight is 252 g/mol. The number of benzene rings is 2. The highest BCUT2D eigenvalue weighted by Gasteiger charge is 2.15. The van der Waals surface area contributed by atoms with Crippen LogP contribution in [-0.2, 0) is 0 Å². The number of aryl methyl sites for hydroxylation is 1.